The van der Waals surface area contributed by atoms with Crippen LogP contribution < -0.4 is 5.32 Å². The molecule has 2 fully saturated rings. The molecule has 4 atom stereocenters. The lowest BCUT2D eigenvalue weighted by molar-refractivity contribution is -0.143. The largest absolute Gasteiger partial charge is 0.480 e. The summed E-state index contributed by atoms with van der Waals surface area (Å²) in [5.74, 6) is 0.847. The first-order chi connectivity index (χ1) is 9.97. The molecular formula is C17H29NO3. The van der Waals surface area contributed by atoms with Crippen LogP contribution in [0.5, 0.6) is 0 Å². The number of amides is 1. The maximum absolute atomic E-state index is 12.4. The lowest BCUT2D eigenvalue weighted by Crippen LogP contribution is -2.46. The summed E-state index contributed by atoms with van der Waals surface area (Å²) >= 11 is 0. The van der Waals surface area contributed by atoms with Gasteiger partial charge in [0.05, 0.1) is 0 Å². The van der Waals surface area contributed by atoms with E-state index in [1.54, 1.807) is 0 Å². The second kappa shape index (κ2) is 7.28. The third-order valence-corrected chi connectivity index (χ3v) is 5.23. The number of carbonyl (C=O) groups excluding carboxylic acids is 1. The summed E-state index contributed by atoms with van der Waals surface area (Å²) in [5.41, 5.74) is 0. The molecule has 2 N–H and O–H groups in total. The van der Waals surface area contributed by atoms with Gasteiger partial charge in [-0.15, -0.1) is 0 Å². The van der Waals surface area contributed by atoms with Crippen molar-refractivity contribution in [3.8, 4) is 0 Å². The molecule has 2 rings (SSSR count). The van der Waals surface area contributed by atoms with E-state index in [-0.39, 0.29) is 17.7 Å². The molecule has 0 spiro atoms. The van der Waals surface area contributed by atoms with Crippen LogP contribution in [0.4, 0.5) is 0 Å². The molecule has 0 heterocycles. The Bertz CT molecular complexity index is 380. The standard InChI is InChI=1S/C17H29NO3/c1-11(2)9-15(17(20)21)18-16(19)14-8-7-12-5-3-4-6-13(12)10-14/h11-15H,3-10H2,1-2H3,(H,18,19)(H,20,21). The van der Waals surface area contributed by atoms with Crippen LogP contribution in [0.3, 0.4) is 0 Å². The Morgan fingerprint density at radius 3 is 2.38 bits per heavy atom. The van der Waals surface area contributed by atoms with Crippen molar-refractivity contribution < 1.29 is 14.7 Å². The van der Waals surface area contributed by atoms with Crippen molar-refractivity contribution in [2.24, 2.45) is 23.7 Å². The SMILES string of the molecule is CC(C)CC(NC(=O)C1CCC2CCCCC2C1)C(=O)O. The van der Waals surface area contributed by atoms with Crippen LogP contribution in [0.15, 0.2) is 0 Å². The Hall–Kier alpha value is -1.06. The van der Waals surface area contributed by atoms with Crippen molar-refractivity contribution in [2.45, 2.75) is 71.3 Å². The minimum atomic E-state index is -0.914. The average Bonchev–Trinajstić information content (AvgIpc) is 2.45. The third kappa shape index (κ3) is 4.45. The summed E-state index contributed by atoms with van der Waals surface area (Å²) < 4.78 is 0. The molecule has 2 aliphatic carbocycles. The molecule has 2 saturated carbocycles. The van der Waals surface area contributed by atoms with Crippen molar-refractivity contribution in [3.05, 3.63) is 0 Å². The minimum Gasteiger partial charge on any atom is -0.480 e. The van der Waals surface area contributed by atoms with Crippen molar-refractivity contribution >= 4 is 11.9 Å². The van der Waals surface area contributed by atoms with Gasteiger partial charge in [0, 0.05) is 5.92 Å². The molecule has 0 aromatic heterocycles. The number of hydrogen-bond donors (Lipinski definition) is 2. The predicted molar refractivity (Wildman–Crippen MR) is 81.8 cm³/mol. The fraction of sp³-hybridized carbons (Fsp3) is 0.882. The zero-order valence-corrected chi connectivity index (χ0v) is 13.3. The number of fused-ring (bicyclic) bond motifs is 1. The van der Waals surface area contributed by atoms with Gasteiger partial charge in [-0.1, -0.05) is 39.5 Å². The molecule has 0 aromatic rings. The maximum atomic E-state index is 12.4. The van der Waals surface area contributed by atoms with Gasteiger partial charge in [0.15, 0.2) is 0 Å². The lowest BCUT2D eigenvalue weighted by atomic mass is 9.67. The zero-order valence-electron chi connectivity index (χ0n) is 13.3. The molecule has 0 saturated heterocycles. The van der Waals surface area contributed by atoms with Gasteiger partial charge < -0.3 is 10.4 Å². The number of rotatable bonds is 5. The molecule has 2 aliphatic rings. The van der Waals surface area contributed by atoms with Gasteiger partial charge in [0.1, 0.15) is 6.04 Å². The van der Waals surface area contributed by atoms with Gasteiger partial charge in [0.2, 0.25) is 5.91 Å². The number of carbonyl (C=O) groups is 2. The van der Waals surface area contributed by atoms with Crippen molar-refractivity contribution in [1.82, 2.24) is 5.32 Å². The number of aliphatic carboxylic acids is 1. The van der Waals surface area contributed by atoms with Gasteiger partial charge in [0.25, 0.3) is 0 Å². The number of carboxylic acid groups (broad SMARTS) is 1. The van der Waals surface area contributed by atoms with Gasteiger partial charge in [-0.25, -0.2) is 4.79 Å². The zero-order chi connectivity index (χ0) is 15.4. The summed E-state index contributed by atoms with van der Waals surface area (Å²) in [6.07, 6.45) is 8.75. The van der Waals surface area contributed by atoms with E-state index in [0.29, 0.717) is 12.3 Å². The molecule has 4 unspecified atom stereocenters. The van der Waals surface area contributed by atoms with Gasteiger partial charge >= 0.3 is 5.97 Å². The average molecular weight is 295 g/mol. The van der Waals surface area contributed by atoms with Crippen LogP contribution in [0.1, 0.15) is 65.2 Å². The van der Waals surface area contributed by atoms with E-state index in [0.717, 1.165) is 25.2 Å². The van der Waals surface area contributed by atoms with Crippen molar-refractivity contribution in [1.29, 1.82) is 0 Å². The van der Waals surface area contributed by atoms with Gasteiger partial charge in [-0.05, 0) is 43.4 Å². The Labute approximate surface area is 127 Å². The Morgan fingerprint density at radius 1 is 1.10 bits per heavy atom. The predicted octanol–water partition coefficient (Wildman–Crippen LogP) is 3.21. The Kier molecular flexibility index (Phi) is 5.65. The third-order valence-electron chi connectivity index (χ3n) is 5.23. The van der Waals surface area contributed by atoms with Gasteiger partial charge in [-0.3, -0.25) is 4.79 Å². The quantitative estimate of drug-likeness (QED) is 0.818. The molecule has 4 heteroatoms. The van der Waals surface area contributed by atoms with E-state index in [2.05, 4.69) is 5.32 Å². The summed E-state index contributed by atoms with van der Waals surface area (Å²) in [6, 6.07) is -0.735. The molecule has 21 heavy (non-hydrogen) atoms. The Morgan fingerprint density at radius 2 is 1.76 bits per heavy atom. The highest BCUT2D eigenvalue weighted by molar-refractivity contribution is 5.85. The normalized spacial score (nSPS) is 30.5. The number of hydrogen-bond acceptors (Lipinski definition) is 2. The molecule has 120 valence electrons. The molecule has 0 aliphatic heterocycles. The summed E-state index contributed by atoms with van der Waals surface area (Å²) in [6.45, 7) is 3.96. The molecule has 0 bridgehead atoms. The van der Waals surface area contributed by atoms with Crippen LogP contribution in [0.25, 0.3) is 0 Å². The molecule has 0 aromatic carbocycles. The van der Waals surface area contributed by atoms with Crippen molar-refractivity contribution in [2.75, 3.05) is 0 Å². The molecule has 1 amide bonds. The lowest BCUT2D eigenvalue weighted by Gasteiger charge is -2.39. The first kappa shape index (κ1) is 16.3. The second-order valence-electron chi connectivity index (χ2n) is 7.34. The fourth-order valence-corrected chi connectivity index (χ4v) is 4.09. The van der Waals surface area contributed by atoms with Crippen LogP contribution in [0, 0.1) is 23.7 Å². The molecular weight excluding hydrogens is 266 g/mol. The van der Waals surface area contributed by atoms with Crippen LogP contribution >= 0.6 is 0 Å². The van der Waals surface area contributed by atoms with E-state index < -0.39 is 12.0 Å². The first-order valence-corrected chi connectivity index (χ1v) is 8.50. The second-order valence-corrected chi connectivity index (χ2v) is 7.34. The highest BCUT2D eigenvalue weighted by atomic mass is 16.4. The van der Waals surface area contributed by atoms with E-state index in [9.17, 15) is 14.7 Å². The Balaban J connectivity index is 1.88. The summed E-state index contributed by atoms with van der Waals surface area (Å²) in [7, 11) is 0. The topological polar surface area (TPSA) is 66.4 Å². The first-order valence-electron chi connectivity index (χ1n) is 8.50. The van der Waals surface area contributed by atoms with Gasteiger partial charge in [-0.2, -0.15) is 0 Å². The maximum Gasteiger partial charge on any atom is 0.326 e. The van der Waals surface area contributed by atoms with E-state index in [1.165, 1.54) is 25.7 Å². The smallest absolute Gasteiger partial charge is 0.326 e. The minimum absolute atomic E-state index is 0.0263. The van der Waals surface area contributed by atoms with Crippen LogP contribution in [-0.4, -0.2) is 23.0 Å². The summed E-state index contributed by atoms with van der Waals surface area (Å²) in [4.78, 5) is 23.7. The summed E-state index contributed by atoms with van der Waals surface area (Å²) in [5, 5.41) is 12.0. The van der Waals surface area contributed by atoms with Crippen LogP contribution in [-0.2, 0) is 9.59 Å². The molecule has 0 radical (unpaired) electrons. The van der Waals surface area contributed by atoms with E-state index in [1.807, 2.05) is 13.8 Å². The van der Waals surface area contributed by atoms with Crippen molar-refractivity contribution in [3.63, 3.8) is 0 Å². The monoisotopic (exact) mass is 295 g/mol. The van der Waals surface area contributed by atoms with Crippen LogP contribution in [0.2, 0.25) is 0 Å². The van der Waals surface area contributed by atoms with E-state index in [4.69, 9.17) is 0 Å². The highest BCUT2D eigenvalue weighted by Gasteiger charge is 2.36. The fourth-order valence-electron chi connectivity index (χ4n) is 4.09. The highest BCUT2D eigenvalue weighted by Crippen LogP contribution is 2.42. The number of carboxylic acids is 1. The number of nitrogens with one attached hydrogen (secondary N) is 1. The molecule has 4 nitrogen and oxygen atoms in total. The van der Waals surface area contributed by atoms with E-state index >= 15 is 0 Å².